The van der Waals surface area contributed by atoms with Crippen molar-refractivity contribution in [1.29, 1.82) is 0 Å². The first-order valence-corrected chi connectivity index (χ1v) is 8.46. The number of carbonyl (C=O) groups is 1. The molecular formula is C13H27IN4OS. The molecule has 0 saturated carbocycles. The van der Waals surface area contributed by atoms with Gasteiger partial charge in [-0.15, -0.1) is 24.0 Å². The Bertz CT molecular complexity index is 296. The molecule has 0 radical (unpaired) electrons. The van der Waals surface area contributed by atoms with Crippen LogP contribution in [0.4, 0.5) is 0 Å². The van der Waals surface area contributed by atoms with E-state index in [1.54, 1.807) is 11.8 Å². The van der Waals surface area contributed by atoms with E-state index in [4.69, 9.17) is 0 Å². The van der Waals surface area contributed by atoms with Crippen molar-refractivity contribution in [3.63, 3.8) is 0 Å². The molecule has 1 saturated heterocycles. The van der Waals surface area contributed by atoms with Crippen LogP contribution in [0.2, 0.25) is 0 Å². The van der Waals surface area contributed by atoms with E-state index in [-0.39, 0.29) is 29.9 Å². The van der Waals surface area contributed by atoms with E-state index >= 15 is 0 Å². The fraction of sp³-hybridized carbons (Fsp3) is 0.846. The normalized spacial score (nSPS) is 14.9. The quantitative estimate of drug-likeness (QED) is 0.287. The van der Waals surface area contributed by atoms with E-state index in [0.717, 1.165) is 50.7 Å². The third-order valence-corrected chi connectivity index (χ3v) is 3.59. The second-order valence-electron chi connectivity index (χ2n) is 4.52. The first-order chi connectivity index (χ1) is 9.27. The number of likely N-dealkylation sites (tertiary alicyclic amines) is 1. The minimum Gasteiger partial charge on any atom is -0.357 e. The van der Waals surface area contributed by atoms with Gasteiger partial charge in [-0.3, -0.25) is 9.79 Å². The zero-order valence-corrected chi connectivity index (χ0v) is 15.6. The van der Waals surface area contributed by atoms with Crippen LogP contribution < -0.4 is 10.6 Å². The molecule has 0 unspecified atom stereocenters. The Balaban J connectivity index is 0.00000361. The predicted octanol–water partition coefficient (Wildman–Crippen LogP) is 1.53. The zero-order chi connectivity index (χ0) is 13.9. The van der Waals surface area contributed by atoms with E-state index in [9.17, 15) is 4.79 Å². The van der Waals surface area contributed by atoms with Crippen LogP contribution in [0.25, 0.3) is 0 Å². The Morgan fingerprint density at radius 2 is 2.00 bits per heavy atom. The Hall–Kier alpha value is -0.180. The third-order valence-electron chi connectivity index (χ3n) is 3.00. The fourth-order valence-electron chi connectivity index (χ4n) is 2.00. The van der Waals surface area contributed by atoms with Crippen molar-refractivity contribution in [1.82, 2.24) is 15.5 Å². The minimum atomic E-state index is 0. The van der Waals surface area contributed by atoms with Crippen molar-refractivity contribution in [2.24, 2.45) is 4.99 Å². The largest absolute Gasteiger partial charge is 0.357 e. The summed E-state index contributed by atoms with van der Waals surface area (Å²) in [6, 6.07) is 0. The summed E-state index contributed by atoms with van der Waals surface area (Å²) in [6.07, 6.45) is 4.92. The molecule has 1 amide bonds. The van der Waals surface area contributed by atoms with Crippen LogP contribution in [0, 0.1) is 0 Å². The smallest absolute Gasteiger partial charge is 0.224 e. The highest BCUT2D eigenvalue weighted by Gasteiger charge is 2.17. The summed E-state index contributed by atoms with van der Waals surface area (Å²) >= 11 is 1.78. The summed E-state index contributed by atoms with van der Waals surface area (Å²) in [4.78, 5) is 18.3. The fourth-order valence-corrected chi connectivity index (χ4v) is 2.28. The molecule has 1 aliphatic heterocycles. The lowest BCUT2D eigenvalue weighted by Crippen LogP contribution is -2.39. The number of carbonyl (C=O) groups excluding carboxylic acids is 1. The molecule has 2 N–H and O–H groups in total. The number of aliphatic imine (C=N–C) groups is 1. The Morgan fingerprint density at radius 3 is 2.60 bits per heavy atom. The van der Waals surface area contributed by atoms with E-state index in [1.807, 2.05) is 11.8 Å². The molecule has 0 bridgehead atoms. The lowest BCUT2D eigenvalue weighted by molar-refractivity contribution is -0.129. The zero-order valence-electron chi connectivity index (χ0n) is 12.5. The molecule has 1 rings (SSSR count). The van der Waals surface area contributed by atoms with E-state index < -0.39 is 0 Å². The maximum Gasteiger partial charge on any atom is 0.224 e. The molecule has 1 fully saturated rings. The maximum atomic E-state index is 11.9. The van der Waals surface area contributed by atoms with Crippen molar-refractivity contribution < 1.29 is 4.79 Å². The number of amides is 1. The van der Waals surface area contributed by atoms with Crippen molar-refractivity contribution in [2.75, 3.05) is 44.7 Å². The molecule has 0 aromatic heterocycles. The SMILES string of the molecule is CCNC(=NCCSC)NCCC(=O)N1CCCC1.I. The van der Waals surface area contributed by atoms with Gasteiger partial charge in [-0.05, 0) is 26.0 Å². The summed E-state index contributed by atoms with van der Waals surface area (Å²) in [6.45, 7) is 6.20. The molecule has 20 heavy (non-hydrogen) atoms. The Morgan fingerprint density at radius 1 is 1.30 bits per heavy atom. The minimum absolute atomic E-state index is 0. The van der Waals surface area contributed by atoms with Gasteiger partial charge in [-0.25, -0.2) is 0 Å². The van der Waals surface area contributed by atoms with Crippen LogP contribution in [0.3, 0.4) is 0 Å². The highest BCUT2D eigenvalue weighted by atomic mass is 127. The van der Waals surface area contributed by atoms with Crippen molar-refractivity contribution >= 4 is 47.6 Å². The average Bonchev–Trinajstić information content (AvgIpc) is 2.93. The first kappa shape index (κ1) is 19.8. The molecular weight excluding hydrogens is 387 g/mol. The molecule has 0 aliphatic carbocycles. The summed E-state index contributed by atoms with van der Waals surface area (Å²) in [5, 5.41) is 6.41. The number of hydrogen-bond acceptors (Lipinski definition) is 3. The van der Waals surface area contributed by atoms with Crippen LogP contribution in [0.5, 0.6) is 0 Å². The van der Waals surface area contributed by atoms with Crippen molar-refractivity contribution in [2.45, 2.75) is 26.2 Å². The van der Waals surface area contributed by atoms with Gasteiger partial charge in [0.1, 0.15) is 0 Å². The van der Waals surface area contributed by atoms with E-state index in [2.05, 4.69) is 21.9 Å². The van der Waals surface area contributed by atoms with Gasteiger partial charge in [0.2, 0.25) is 5.91 Å². The number of hydrogen-bond donors (Lipinski definition) is 2. The lowest BCUT2D eigenvalue weighted by atomic mass is 10.3. The second kappa shape index (κ2) is 12.6. The van der Waals surface area contributed by atoms with Crippen LogP contribution >= 0.6 is 35.7 Å². The van der Waals surface area contributed by atoms with Gasteiger partial charge in [0.25, 0.3) is 0 Å². The molecule has 7 heteroatoms. The predicted molar refractivity (Wildman–Crippen MR) is 98.2 cm³/mol. The van der Waals surface area contributed by atoms with E-state index in [0.29, 0.717) is 13.0 Å². The Kier molecular flexibility index (Phi) is 12.4. The summed E-state index contributed by atoms with van der Waals surface area (Å²) < 4.78 is 0. The van der Waals surface area contributed by atoms with Gasteiger partial charge in [0, 0.05) is 38.4 Å². The Labute approximate surface area is 143 Å². The van der Waals surface area contributed by atoms with Crippen LogP contribution in [-0.2, 0) is 4.79 Å². The summed E-state index contributed by atoms with van der Waals surface area (Å²) in [5.74, 6) is 2.08. The van der Waals surface area contributed by atoms with Crippen LogP contribution in [-0.4, -0.2) is 61.5 Å². The van der Waals surface area contributed by atoms with Crippen molar-refractivity contribution in [3.05, 3.63) is 0 Å². The number of rotatable bonds is 7. The molecule has 118 valence electrons. The lowest BCUT2D eigenvalue weighted by Gasteiger charge is -2.16. The van der Waals surface area contributed by atoms with Gasteiger partial charge < -0.3 is 15.5 Å². The van der Waals surface area contributed by atoms with Crippen LogP contribution in [0.1, 0.15) is 26.2 Å². The highest BCUT2D eigenvalue weighted by molar-refractivity contribution is 14.0. The molecule has 1 aliphatic rings. The molecule has 0 aromatic carbocycles. The van der Waals surface area contributed by atoms with E-state index in [1.165, 1.54) is 0 Å². The topological polar surface area (TPSA) is 56.7 Å². The van der Waals surface area contributed by atoms with Gasteiger partial charge in [0.05, 0.1) is 6.54 Å². The number of halogens is 1. The first-order valence-electron chi connectivity index (χ1n) is 7.06. The molecule has 0 aromatic rings. The summed E-state index contributed by atoms with van der Waals surface area (Å²) in [7, 11) is 0. The molecule has 0 atom stereocenters. The maximum absolute atomic E-state index is 11.9. The van der Waals surface area contributed by atoms with Crippen LogP contribution in [0.15, 0.2) is 4.99 Å². The molecule has 1 heterocycles. The van der Waals surface area contributed by atoms with Gasteiger partial charge in [0.15, 0.2) is 5.96 Å². The highest BCUT2D eigenvalue weighted by Crippen LogP contribution is 2.08. The number of nitrogens with zero attached hydrogens (tertiary/aromatic N) is 2. The number of thioether (sulfide) groups is 1. The van der Waals surface area contributed by atoms with Gasteiger partial charge in [-0.2, -0.15) is 11.8 Å². The summed E-state index contributed by atoms with van der Waals surface area (Å²) in [5.41, 5.74) is 0. The number of nitrogens with one attached hydrogen (secondary N) is 2. The average molecular weight is 414 g/mol. The second-order valence-corrected chi connectivity index (χ2v) is 5.50. The molecule has 5 nitrogen and oxygen atoms in total. The van der Waals surface area contributed by atoms with Gasteiger partial charge >= 0.3 is 0 Å². The molecule has 0 spiro atoms. The monoisotopic (exact) mass is 414 g/mol. The number of guanidine groups is 1. The van der Waals surface area contributed by atoms with Crippen molar-refractivity contribution in [3.8, 4) is 0 Å². The van der Waals surface area contributed by atoms with Gasteiger partial charge in [-0.1, -0.05) is 0 Å². The standard InChI is InChI=1S/C13H26N4OS.HI/c1-3-14-13(16-8-11-19-2)15-7-6-12(18)17-9-4-5-10-17;/h3-11H2,1-2H3,(H2,14,15,16);1H. The third kappa shape index (κ3) is 8.18.